The zero-order chi connectivity index (χ0) is 14.1. The molecule has 0 spiro atoms. The molecule has 0 aromatic carbocycles. The van der Waals surface area contributed by atoms with Gasteiger partial charge >= 0.3 is 5.97 Å². The molecule has 0 aliphatic heterocycles. The predicted molar refractivity (Wildman–Crippen MR) is 69.8 cm³/mol. The molecule has 1 aromatic rings. The molecule has 1 amide bonds. The Labute approximate surface area is 111 Å². The standard InChI is InChI=1S/C12H18N4O3/c1-3-13-12(18)9-5-6-10(16-15-9)14-8-7-11(17)19-4-2/h5-6H,3-4,7-8H2,1-2H3,(H,13,18)(H,14,16). The van der Waals surface area contributed by atoms with E-state index in [9.17, 15) is 9.59 Å². The van der Waals surface area contributed by atoms with Crippen molar-refractivity contribution in [2.45, 2.75) is 20.3 Å². The molecule has 19 heavy (non-hydrogen) atoms. The molecule has 0 saturated heterocycles. The van der Waals surface area contributed by atoms with Crippen LogP contribution < -0.4 is 10.6 Å². The Kier molecular flexibility index (Phi) is 6.28. The topological polar surface area (TPSA) is 93.2 Å². The highest BCUT2D eigenvalue weighted by atomic mass is 16.5. The SMILES string of the molecule is CCNC(=O)c1ccc(NCCC(=O)OCC)nn1. The lowest BCUT2D eigenvalue weighted by atomic mass is 10.3. The molecule has 0 unspecified atom stereocenters. The van der Waals surface area contributed by atoms with E-state index < -0.39 is 0 Å². The van der Waals surface area contributed by atoms with E-state index >= 15 is 0 Å². The van der Waals surface area contributed by atoms with E-state index in [4.69, 9.17) is 4.74 Å². The van der Waals surface area contributed by atoms with Crippen molar-refractivity contribution in [1.82, 2.24) is 15.5 Å². The van der Waals surface area contributed by atoms with Gasteiger partial charge < -0.3 is 15.4 Å². The maximum absolute atomic E-state index is 11.4. The van der Waals surface area contributed by atoms with Gasteiger partial charge in [-0.05, 0) is 26.0 Å². The molecule has 1 heterocycles. The molecule has 0 radical (unpaired) electrons. The molecule has 1 aromatic heterocycles. The van der Waals surface area contributed by atoms with Crippen LogP contribution in [0.4, 0.5) is 5.82 Å². The van der Waals surface area contributed by atoms with Gasteiger partial charge in [-0.2, -0.15) is 0 Å². The normalized spacial score (nSPS) is 9.79. The quantitative estimate of drug-likeness (QED) is 0.702. The highest BCUT2D eigenvalue weighted by Crippen LogP contribution is 2.02. The second-order valence-electron chi connectivity index (χ2n) is 3.65. The summed E-state index contributed by atoms with van der Waals surface area (Å²) in [5.41, 5.74) is 0.262. The summed E-state index contributed by atoms with van der Waals surface area (Å²) in [6, 6.07) is 3.22. The number of aromatic nitrogens is 2. The molecule has 0 atom stereocenters. The van der Waals surface area contributed by atoms with E-state index in [0.717, 1.165) is 0 Å². The van der Waals surface area contributed by atoms with Crippen LogP contribution in [0, 0.1) is 0 Å². The van der Waals surface area contributed by atoms with Gasteiger partial charge in [-0.3, -0.25) is 9.59 Å². The molecular weight excluding hydrogens is 248 g/mol. The van der Waals surface area contributed by atoms with Crippen LogP contribution in [-0.2, 0) is 9.53 Å². The van der Waals surface area contributed by atoms with Gasteiger partial charge in [0, 0.05) is 13.1 Å². The zero-order valence-electron chi connectivity index (χ0n) is 11.1. The van der Waals surface area contributed by atoms with Crippen LogP contribution in [0.1, 0.15) is 30.8 Å². The van der Waals surface area contributed by atoms with Crippen LogP contribution in [0.2, 0.25) is 0 Å². The van der Waals surface area contributed by atoms with Crippen molar-refractivity contribution in [1.29, 1.82) is 0 Å². The Hall–Kier alpha value is -2.18. The second-order valence-corrected chi connectivity index (χ2v) is 3.65. The van der Waals surface area contributed by atoms with E-state index in [0.29, 0.717) is 25.5 Å². The van der Waals surface area contributed by atoms with E-state index in [-0.39, 0.29) is 24.0 Å². The lowest BCUT2D eigenvalue weighted by Gasteiger charge is -2.05. The second kappa shape index (κ2) is 8.02. The van der Waals surface area contributed by atoms with Gasteiger partial charge in [-0.15, -0.1) is 10.2 Å². The molecular formula is C12H18N4O3. The fourth-order valence-electron chi connectivity index (χ4n) is 1.32. The van der Waals surface area contributed by atoms with Crippen LogP contribution in [0.15, 0.2) is 12.1 Å². The first-order valence-electron chi connectivity index (χ1n) is 6.18. The molecule has 0 aliphatic rings. The number of nitrogens with one attached hydrogen (secondary N) is 2. The van der Waals surface area contributed by atoms with Gasteiger partial charge in [-0.1, -0.05) is 0 Å². The number of rotatable bonds is 7. The molecule has 104 valence electrons. The zero-order valence-corrected chi connectivity index (χ0v) is 11.1. The van der Waals surface area contributed by atoms with Gasteiger partial charge in [-0.25, -0.2) is 0 Å². The first-order valence-corrected chi connectivity index (χ1v) is 6.18. The molecule has 0 bridgehead atoms. The summed E-state index contributed by atoms with van der Waals surface area (Å²) < 4.78 is 4.79. The number of carbonyl (C=O) groups excluding carboxylic acids is 2. The first kappa shape index (κ1) is 14.9. The van der Waals surface area contributed by atoms with Gasteiger partial charge in [0.05, 0.1) is 13.0 Å². The summed E-state index contributed by atoms with van der Waals surface area (Å²) in [4.78, 5) is 22.5. The molecule has 0 aliphatic carbocycles. The Morgan fingerprint density at radius 2 is 2.05 bits per heavy atom. The molecule has 2 N–H and O–H groups in total. The number of nitrogens with zero attached hydrogens (tertiary/aromatic N) is 2. The van der Waals surface area contributed by atoms with Crippen molar-refractivity contribution < 1.29 is 14.3 Å². The average molecular weight is 266 g/mol. The van der Waals surface area contributed by atoms with Gasteiger partial charge in [0.15, 0.2) is 5.69 Å². The number of amides is 1. The number of carbonyl (C=O) groups is 2. The molecule has 1 rings (SSSR count). The summed E-state index contributed by atoms with van der Waals surface area (Å²) in [7, 11) is 0. The van der Waals surface area contributed by atoms with E-state index in [2.05, 4.69) is 20.8 Å². The maximum atomic E-state index is 11.4. The fourth-order valence-corrected chi connectivity index (χ4v) is 1.32. The van der Waals surface area contributed by atoms with Crippen molar-refractivity contribution in [2.75, 3.05) is 25.0 Å². The van der Waals surface area contributed by atoms with Crippen molar-refractivity contribution >= 4 is 17.7 Å². The van der Waals surface area contributed by atoms with Crippen LogP contribution >= 0.6 is 0 Å². The number of anilines is 1. The summed E-state index contributed by atoms with van der Waals surface area (Å²) in [5, 5.41) is 13.2. The lowest BCUT2D eigenvalue weighted by molar-refractivity contribution is -0.142. The number of hydrogen-bond acceptors (Lipinski definition) is 6. The molecule has 0 fully saturated rings. The van der Waals surface area contributed by atoms with Crippen LogP contribution in [0.5, 0.6) is 0 Å². The highest BCUT2D eigenvalue weighted by molar-refractivity contribution is 5.92. The Morgan fingerprint density at radius 3 is 2.63 bits per heavy atom. The van der Waals surface area contributed by atoms with Crippen molar-refractivity contribution in [3.05, 3.63) is 17.8 Å². The van der Waals surface area contributed by atoms with Crippen LogP contribution in [0.3, 0.4) is 0 Å². The Bertz CT molecular complexity index is 419. The summed E-state index contributed by atoms with van der Waals surface area (Å²) in [6.07, 6.45) is 0.258. The lowest BCUT2D eigenvalue weighted by Crippen LogP contribution is -2.24. The van der Waals surface area contributed by atoms with E-state index in [1.165, 1.54) is 0 Å². The highest BCUT2D eigenvalue weighted by Gasteiger charge is 2.06. The largest absolute Gasteiger partial charge is 0.466 e. The monoisotopic (exact) mass is 266 g/mol. The fraction of sp³-hybridized carbons (Fsp3) is 0.500. The van der Waals surface area contributed by atoms with Crippen LogP contribution in [0.25, 0.3) is 0 Å². The van der Waals surface area contributed by atoms with Gasteiger partial charge in [0.1, 0.15) is 5.82 Å². The molecule has 7 nitrogen and oxygen atoms in total. The summed E-state index contributed by atoms with van der Waals surface area (Å²) in [5.74, 6) is -0.00711. The third kappa shape index (κ3) is 5.33. The maximum Gasteiger partial charge on any atom is 0.307 e. The summed E-state index contributed by atoms with van der Waals surface area (Å²) in [6.45, 7) is 4.92. The smallest absolute Gasteiger partial charge is 0.307 e. The minimum atomic E-state index is -0.262. The van der Waals surface area contributed by atoms with Crippen molar-refractivity contribution in [2.24, 2.45) is 0 Å². The minimum absolute atomic E-state index is 0.256. The Balaban J connectivity index is 2.40. The van der Waals surface area contributed by atoms with E-state index in [1.807, 2.05) is 6.92 Å². The predicted octanol–water partition coefficient (Wildman–Crippen LogP) is 0.591. The average Bonchev–Trinajstić information content (AvgIpc) is 2.40. The minimum Gasteiger partial charge on any atom is -0.466 e. The number of ether oxygens (including phenoxy) is 1. The van der Waals surface area contributed by atoms with Gasteiger partial charge in [0.25, 0.3) is 5.91 Å². The third-order valence-electron chi connectivity index (χ3n) is 2.18. The third-order valence-corrected chi connectivity index (χ3v) is 2.18. The van der Waals surface area contributed by atoms with Crippen molar-refractivity contribution in [3.63, 3.8) is 0 Å². The van der Waals surface area contributed by atoms with Gasteiger partial charge in [0.2, 0.25) is 0 Å². The van der Waals surface area contributed by atoms with E-state index in [1.54, 1.807) is 19.1 Å². The Morgan fingerprint density at radius 1 is 1.26 bits per heavy atom. The summed E-state index contributed by atoms with van der Waals surface area (Å²) >= 11 is 0. The molecule has 0 saturated carbocycles. The molecule has 7 heteroatoms. The van der Waals surface area contributed by atoms with Crippen molar-refractivity contribution in [3.8, 4) is 0 Å². The van der Waals surface area contributed by atoms with Crippen LogP contribution in [-0.4, -0.2) is 41.8 Å². The number of hydrogen-bond donors (Lipinski definition) is 2. The first-order chi connectivity index (χ1) is 9.17. The number of esters is 1.